The highest BCUT2D eigenvalue weighted by atomic mass is 16.2. The van der Waals surface area contributed by atoms with Crippen molar-refractivity contribution in [1.82, 2.24) is 24.6 Å². The molecule has 4 rings (SSSR count). The molecular weight excluding hydrogens is 502 g/mol. The molecule has 2 N–H and O–H groups in total. The summed E-state index contributed by atoms with van der Waals surface area (Å²) in [6, 6.07) is 10.3. The molecule has 1 aromatic carbocycles. The van der Waals surface area contributed by atoms with Crippen LogP contribution in [-0.4, -0.2) is 96.9 Å². The number of benzene rings is 1. The van der Waals surface area contributed by atoms with E-state index in [0.717, 1.165) is 68.1 Å². The lowest BCUT2D eigenvalue weighted by Gasteiger charge is -2.41. The zero-order valence-electron chi connectivity index (χ0n) is 24.7. The van der Waals surface area contributed by atoms with Gasteiger partial charge in [-0.1, -0.05) is 18.2 Å². The minimum absolute atomic E-state index is 0.0498. The summed E-state index contributed by atoms with van der Waals surface area (Å²) in [5.74, 6) is 1.01. The minimum atomic E-state index is -0.125. The van der Waals surface area contributed by atoms with Crippen LogP contribution in [0, 0.1) is 6.92 Å². The van der Waals surface area contributed by atoms with E-state index in [4.69, 9.17) is 0 Å². The fourth-order valence-corrected chi connectivity index (χ4v) is 5.74. The number of amidine groups is 1. The van der Waals surface area contributed by atoms with E-state index in [9.17, 15) is 9.59 Å². The molecule has 1 aromatic heterocycles. The van der Waals surface area contributed by atoms with Crippen molar-refractivity contribution in [3.05, 3.63) is 65.5 Å². The van der Waals surface area contributed by atoms with E-state index in [1.165, 1.54) is 5.56 Å². The Bertz CT molecular complexity index is 1180. The maximum Gasteiger partial charge on any atom is 0.326 e. The molecule has 0 spiro atoms. The number of aromatic nitrogens is 1. The number of nitrogens with zero attached hydrogens (tertiary/aromatic N) is 5. The predicted octanol–water partition coefficient (Wildman–Crippen LogP) is 3.82. The number of carbonyl (C=O) groups excluding carboxylic acids is 2. The van der Waals surface area contributed by atoms with Crippen LogP contribution < -0.4 is 10.6 Å². The minimum Gasteiger partial charge on any atom is -0.348 e. The average molecular weight is 548 g/mol. The summed E-state index contributed by atoms with van der Waals surface area (Å²) in [6.07, 6.45) is 9.27. The number of likely N-dealkylation sites (tertiary alicyclic amines) is 1. The molecule has 2 saturated heterocycles. The van der Waals surface area contributed by atoms with Gasteiger partial charge in [-0.3, -0.25) is 14.7 Å². The summed E-state index contributed by atoms with van der Waals surface area (Å²) in [5, 5.41) is 6.41. The van der Waals surface area contributed by atoms with Gasteiger partial charge in [0.2, 0.25) is 5.91 Å². The number of hydrogen-bond donors (Lipinski definition) is 2. The first kappa shape index (κ1) is 29.6. The molecule has 9 nitrogen and oxygen atoms in total. The average Bonchev–Trinajstić information content (AvgIpc) is 3.29. The van der Waals surface area contributed by atoms with Crippen LogP contribution in [0.4, 0.5) is 10.5 Å². The molecule has 0 aliphatic carbocycles. The number of aliphatic imine (C=N–C) groups is 1. The van der Waals surface area contributed by atoms with Gasteiger partial charge in [0.15, 0.2) is 5.84 Å². The van der Waals surface area contributed by atoms with Gasteiger partial charge in [-0.25, -0.2) is 4.79 Å². The molecule has 0 bridgehead atoms. The molecule has 1 atom stereocenters. The third-order valence-corrected chi connectivity index (χ3v) is 7.92. The smallest absolute Gasteiger partial charge is 0.326 e. The van der Waals surface area contributed by atoms with Crippen LogP contribution >= 0.6 is 0 Å². The lowest BCUT2D eigenvalue weighted by Crippen LogP contribution is -2.57. The predicted molar refractivity (Wildman–Crippen MR) is 162 cm³/mol. The number of aryl methyl sites for hydroxylation is 2. The summed E-state index contributed by atoms with van der Waals surface area (Å²) in [7, 11) is 7.73. The zero-order valence-corrected chi connectivity index (χ0v) is 24.7. The van der Waals surface area contributed by atoms with Crippen LogP contribution in [-0.2, 0) is 11.8 Å². The quantitative estimate of drug-likeness (QED) is 0.314. The molecule has 0 unspecified atom stereocenters. The van der Waals surface area contributed by atoms with Gasteiger partial charge in [0.25, 0.3) is 0 Å². The standard InChI is InChI=1S/C31H45N7O2/c1-23-14-19-36(5)29(23)30(32-2)38(27-8-6-17-33-22-27)31(40)37-20-15-25(16-21-37)24-10-12-26(13-11-24)34-28(39)9-7-18-35(3)4/h7,9-14,19,25,27,33H,6,8,15-18,20-22H2,1-5H3,(H,34,39)/b9-7+,32-30?/t27-/m0/s1. The van der Waals surface area contributed by atoms with Gasteiger partial charge >= 0.3 is 6.03 Å². The Kier molecular flexibility index (Phi) is 10.2. The van der Waals surface area contributed by atoms with Crippen LogP contribution in [0.5, 0.6) is 0 Å². The van der Waals surface area contributed by atoms with Gasteiger partial charge in [0.1, 0.15) is 0 Å². The molecule has 0 saturated carbocycles. The molecule has 3 amide bonds. The lowest BCUT2D eigenvalue weighted by molar-refractivity contribution is -0.111. The normalized spacial score (nSPS) is 18.9. The molecular formula is C31H45N7O2. The van der Waals surface area contributed by atoms with E-state index in [1.54, 1.807) is 13.1 Å². The Morgan fingerprint density at radius 2 is 1.85 bits per heavy atom. The highest BCUT2D eigenvalue weighted by Gasteiger charge is 2.36. The second-order valence-corrected chi connectivity index (χ2v) is 11.2. The molecule has 2 aromatic rings. The fraction of sp³-hybridized carbons (Fsp3) is 0.516. The molecule has 2 fully saturated rings. The second-order valence-electron chi connectivity index (χ2n) is 11.2. The zero-order chi connectivity index (χ0) is 28.6. The van der Waals surface area contributed by atoms with Crippen molar-refractivity contribution in [2.75, 3.05) is 59.2 Å². The van der Waals surface area contributed by atoms with Crippen molar-refractivity contribution in [1.29, 1.82) is 0 Å². The van der Waals surface area contributed by atoms with Crippen molar-refractivity contribution in [3.63, 3.8) is 0 Å². The van der Waals surface area contributed by atoms with Crippen molar-refractivity contribution >= 4 is 23.5 Å². The number of piperidine rings is 2. The van der Waals surface area contributed by atoms with Crippen molar-refractivity contribution in [2.45, 2.75) is 44.6 Å². The molecule has 40 heavy (non-hydrogen) atoms. The monoisotopic (exact) mass is 547 g/mol. The largest absolute Gasteiger partial charge is 0.348 e. The number of amides is 3. The highest BCUT2D eigenvalue weighted by Crippen LogP contribution is 2.30. The van der Waals surface area contributed by atoms with Crippen LogP contribution in [0.15, 0.2) is 53.7 Å². The summed E-state index contributed by atoms with van der Waals surface area (Å²) in [4.78, 5) is 36.9. The van der Waals surface area contributed by atoms with Crippen molar-refractivity contribution in [2.24, 2.45) is 12.0 Å². The number of urea groups is 1. The number of likely N-dealkylation sites (N-methyl/N-ethyl adjacent to an activating group) is 1. The number of hydrogen-bond acceptors (Lipinski definition) is 5. The molecule has 2 aliphatic rings. The van der Waals surface area contributed by atoms with Gasteiger partial charge in [0, 0.05) is 58.2 Å². The molecule has 2 aliphatic heterocycles. The fourth-order valence-electron chi connectivity index (χ4n) is 5.74. The van der Waals surface area contributed by atoms with E-state index < -0.39 is 0 Å². The third-order valence-electron chi connectivity index (χ3n) is 7.92. The first-order chi connectivity index (χ1) is 19.3. The van der Waals surface area contributed by atoms with E-state index in [2.05, 4.69) is 45.3 Å². The van der Waals surface area contributed by atoms with E-state index in [1.807, 2.05) is 60.2 Å². The second kappa shape index (κ2) is 13.8. The topological polar surface area (TPSA) is 85.2 Å². The van der Waals surface area contributed by atoms with Crippen molar-refractivity contribution in [3.8, 4) is 0 Å². The maximum absolute atomic E-state index is 14.1. The van der Waals surface area contributed by atoms with Gasteiger partial charge in [0.05, 0.1) is 11.7 Å². The third kappa shape index (κ3) is 7.20. The molecule has 9 heteroatoms. The highest BCUT2D eigenvalue weighted by molar-refractivity contribution is 6.07. The van der Waals surface area contributed by atoms with Crippen LogP contribution in [0.25, 0.3) is 0 Å². The van der Waals surface area contributed by atoms with Crippen LogP contribution in [0.2, 0.25) is 0 Å². The summed E-state index contributed by atoms with van der Waals surface area (Å²) in [6.45, 7) is 5.98. The Morgan fingerprint density at radius 3 is 2.42 bits per heavy atom. The Balaban J connectivity index is 1.41. The number of rotatable bonds is 7. The van der Waals surface area contributed by atoms with Gasteiger partial charge in [-0.15, -0.1) is 0 Å². The van der Waals surface area contributed by atoms with Gasteiger partial charge < -0.3 is 25.0 Å². The Labute approximate surface area is 238 Å². The number of nitrogens with one attached hydrogen (secondary N) is 2. The van der Waals surface area contributed by atoms with E-state index >= 15 is 0 Å². The summed E-state index contributed by atoms with van der Waals surface area (Å²) < 4.78 is 2.06. The maximum atomic E-state index is 14.1. The summed E-state index contributed by atoms with van der Waals surface area (Å²) in [5.41, 5.74) is 4.15. The lowest BCUT2D eigenvalue weighted by atomic mass is 9.89. The first-order valence-corrected chi connectivity index (χ1v) is 14.4. The number of carbonyl (C=O) groups is 2. The number of anilines is 1. The van der Waals surface area contributed by atoms with Crippen LogP contribution in [0.1, 0.15) is 48.4 Å². The Hall–Kier alpha value is -3.43. The van der Waals surface area contributed by atoms with Crippen molar-refractivity contribution < 1.29 is 9.59 Å². The molecule has 0 radical (unpaired) electrons. The SMILES string of the molecule is CN=C(c1c(C)ccn1C)N(C(=O)N1CCC(c2ccc(NC(=O)/C=C/CN(C)C)cc2)CC1)[C@H]1CCCNC1. The van der Waals surface area contributed by atoms with E-state index in [0.29, 0.717) is 19.0 Å². The molecule has 3 heterocycles. The Morgan fingerprint density at radius 1 is 1.12 bits per heavy atom. The summed E-state index contributed by atoms with van der Waals surface area (Å²) >= 11 is 0. The van der Waals surface area contributed by atoms with E-state index in [-0.39, 0.29) is 18.0 Å². The van der Waals surface area contributed by atoms with Gasteiger partial charge in [-0.05, 0) is 88.5 Å². The molecule has 216 valence electrons. The first-order valence-electron chi connectivity index (χ1n) is 14.4. The van der Waals surface area contributed by atoms with Gasteiger partial charge in [-0.2, -0.15) is 0 Å². The van der Waals surface area contributed by atoms with Crippen LogP contribution in [0.3, 0.4) is 0 Å².